The summed E-state index contributed by atoms with van der Waals surface area (Å²) in [5, 5.41) is 4.41. The smallest absolute Gasteiger partial charge is 0.119 e. The van der Waals surface area contributed by atoms with Crippen LogP contribution in [0.25, 0.3) is 0 Å². The largest absolute Gasteiger partial charge is 0.494 e. The Balaban J connectivity index is 1.73. The van der Waals surface area contributed by atoms with Crippen LogP contribution in [0.2, 0.25) is 5.02 Å². The van der Waals surface area contributed by atoms with Gasteiger partial charge >= 0.3 is 0 Å². The summed E-state index contributed by atoms with van der Waals surface area (Å²) in [6, 6.07) is 14.7. The normalized spacial score (nSPS) is 16.8. The van der Waals surface area contributed by atoms with Gasteiger partial charge in [-0.15, -0.1) is 0 Å². The van der Waals surface area contributed by atoms with E-state index in [1.165, 1.54) is 11.1 Å². The fraction of sp³-hybridized carbons (Fsp3) is 0.294. The summed E-state index contributed by atoms with van der Waals surface area (Å²) in [7, 11) is 0. The van der Waals surface area contributed by atoms with Crippen LogP contribution in [0.3, 0.4) is 0 Å². The molecule has 0 saturated carbocycles. The van der Waals surface area contributed by atoms with Crippen molar-refractivity contribution in [1.82, 2.24) is 0 Å². The van der Waals surface area contributed by atoms with E-state index in [1.54, 1.807) is 0 Å². The van der Waals surface area contributed by atoms with E-state index in [9.17, 15) is 0 Å². The molecule has 0 aromatic heterocycles. The highest BCUT2D eigenvalue weighted by Crippen LogP contribution is 2.35. The van der Waals surface area contributed by atoms with Crippen molar-refractivity contribution in [2.45, 2.75) is 25.8 Å². The zero-order chi connectivity index (χ0) is 13.9. The van der Waals surface area contributed by atoms with Crippen molar-refractivity contribution in [2.75, 3.05) is 11.9 Å². The van der Waals surface area contributed by atoms with Crippen molar-refractivity contribution in [1.29, 1.82) is 0 Å². The Morgan fingerprint density at radius 3 is 2.75 bits per heavy atom. The van der Waals surface area contributed by atoms with Crippen LogP contribution in [0, 0.1) is 0 Å². The minimum atomic E-state index is 0.375. The number of hydrogen-bond donors (Lipinski definition) is 1. The third-order valence-electron chi connectivity index (χ3n) is 3.69. The molecule has 104 valence electrons. The average molecular weight is 288 g/mol. The SMILES string of the molecule is CCOc1ccc(NC2CCc3cc(Cl)ccc32)cc1. The van der Waals surface area contributed by atoms with Gasteiger partial charge in [-0.25, -0.2) is 0 Å². The maximum atomic E-state index is 6.04. The summed E-state index contributed by atoms with van der Waals surface area (Å²) in [6.07, 6.45) is 2.20. The van der Waals surface area contributed by atoms with Crippen LogP contribution in [0.5, 0.6) is 5.75 Å². The molecule has 1 aliphatic rings. The lowest BCUT2D eigenvalue weighted by atomic mass is 10.1. The topological polar surface area (TPSA) is 21.3 Å². The van der Waals surface area contributed by atoms with Gasteiger partial charge in [0, 0.05) is 10.7 Å². The summed E-state index contributed by atoms with van der Waals surface area (Å²) in [5.41, 5.74) is 3.85. The maximum Gasteiger partial charge on any atom is 0.119 e. The first kappa shape index (κ1) is 13.3. The standard InChI is InChI=1S/C17H18ClNO/c1-2-20-15-7-5-14(6-8-15)19-17-10-3-12-11-13(18)4-9-16(12)17/h4-9,11,17,19H,2-3,10H2,1H3. The highest BCUT2D eigenvalue weighted by molar-refractivity contribution is 6.30. The number of aryl methyl sites for hydroxylation is 1. The molecule has 1 N–H and O–H groups in total. The Hall–Kier alpha value is -1.67. The van der Waals surface area contributed by atoms with Crippen molar-refractivity contribution < 1.29 is 4.74 Å². The molecule has 0 amide bonds. The lowest BCUT2D eigenvalue weighted by molar-refractivity contribution is 0.340. The van der Waals surface area contributed by atoms with Crippen LogP contribution in [0.4, 0.5) is 5.69 Å². The van der Waals surface area contributed by atoms with E-state index in [1.807, 2.05) is 25.1 Å². The molecular formula is C17H18ClNO. The summed E-state index contributed by atoms with van der Waals surface area (Å²) in [5.74, 6) is 0.914. The minimum Gasteiger partial charge on any atom is -0.494 e. The number of halogens is 1. The molecule has 0 saturated heterocycles. The van der Waals surface area contributed by atoms with Crippen LogP contribution >= 0.6 is 11.6 Å². The summed E-state index contributed by atoms with van der Waals surface area (Å²) >= 11 is 6.04. The molecule has 0 aliphatic heterocycles. The van der Waals surface area contributed by atoms with E-state index in [0.29, 0.717) is 12.6 Å². The Kier molecular flexibility index (Phi) is 3.83. The first-order valence-electron chi connectivity index (χ1n) is 7.04. The van der Waals surface area contributed by atoms with E-state index in [-0.39, 0.29) is 0 Å². The van der Waals surface area contributed by atoms with Crippen molar-refractivity contribution in [3.05, 3.63) is 58.6 Å². The summed E-state index contributed by atoms with van der Waals surface area (Å²) in [4.78, 5) is 0. The third-order valence-corrected chi connectivity index (χ3v) is 3.92. The molecule has 20 heavy (non-hydrogen) atoms. The number of fused-ring (bicyclic) bond motifs is 1. The van der Waals surface area contributed by atoms with Crippen molar-refractivity contribution >= 4 is 17.3 Å². The Morgan fingerprint density at radius 2 is 2.00 bits per heavy atom. The van der Waals surface area contributed by atoms with Crippen LogP contribution < -0.4 is 10.1 Å². The van der Waals surface area contributed by atoms with Gasteiger partial charge in [0.15, 0.2) is 0 Å². The van der Waals surface area contributed by atoms with Gasteiger partial charge in [-0.3, -0.25) is 0 Å². The van der Waals surface area contributed by atoms with E-state index in [4.69, 9.17) is 16.3 Å². The van der Waals surface area contributed by atoms with Crippen molar-refractivity contribution in [2.24, 2.45) is 0 Å². The zero-order valence-electron chi connectivity index (χ0n) is 11.5. The average Bonchev–Trinajstić information content (AvgIpc) is 2.83. The third kappa shape index (κ3) is 2.75. The molecule has 1 aliphatic carbocycles. The first-order chi connectivity index (χ1) is 9.76. The number of hydrogen-bond acceptors (Lipinski definition) is 2. The quantitative estimate of drug-likeness (QED) is 0.869. The van der Waals surface area contributed by atoms with E-state index < -0.39 is 0 Å². The number of rotatable bonds is 4. The summed E-state index contributed by atoms with van der Waals surface area (Å²) < 4.78 is 5.46. The van der Waals surface area contributed by atoms with Gasteiger partial charge in [0.25, 0.3) is 0 Å². The predicted molar refractivity (Wildman–Crippen MR) is 83.7 cm³/mol. The van der Waals surface area contributed by atoms with Crippen LogP contribution in [-0.4, -0.2) is 6.61 Å². The molecule has 3 rings (SSSR count). The maximum absolute atomic E-state index is 6.04. The lowest BCUT2D eigenvalue weighted by Gasteiger charge is -2.16. The highest BCUT2D eigenvalue weighted by Gasteiger charge is 2.22. The first-order valence-corrected chi connectivity index (χ1v) is 7.42. The van der Waals surface area contributed by atoms with Gasteiger partial charge in [0.1, 0.15) is 5.75 Å². The van der Waals surface area contributed by atoms with Crippen molar-refractivity contribution in [3.63, 3.8) is 0 Å². The second kappa shape index (κ2) is 5.76. The Morgan fingerprint density at radius 1 is 1.20 bits per heavy atom. The van der Waals surface area contributed by atoms with E-state index >= 15 is 0 Å². The Labute approximate surface area is 124 Å². The van der Waals surface area contributed by atoms with Gasteiger partial charge in [-0.05, 0) is 67.3 Å². The van der Waals surface area contributed by atoms with E-state index in [2.05, 4.69) is 29.6 Å². The number of nitrogens with one attached hydrogen (secondary N) is 1. The van der Waals surface area contributed by atoms with Gasteiger partial charge in [0.2, 0.25) is 0 Å². The lowest BCUT2D eigenvalue weighted by Crippen LogP contribution is -2.06. The predicted octanol–water partition coefficient (Wildman–Crippen LogP) is 4.84. The zero-order valence-corrected chi connectivity index (χ0v) is 12.3. The second-order valence-corrected chi connectivity index (χ2v) is 5.47. The fourth-order valence-electron chi connectivity index (χ4n) is 2.75. The second-order valence-electron chi connectivity index (χ2n) is 5.04. The molecule has 2 aromatic carbocycles. The molecule has 0 heterocycles. The molecule has 1 atom stereocenters. The Bertz CT molecular complexity index is 594. The molecule has 1 unspecified atom stereocenters. The molecule has 0 fully saturated rings. The summed E-state index contributed by atoms with van der Waals surface area (Å²) in [6.45, 7) is 2.69. The van der Waals surface area contributed by atoms with Crippen LogP contribution in [0.15, 0.2) is 42.5 Å². The van der Waals surface area contributed by atoms with Crippen molar-refractivity contribution in [3.8, 4) is 5.75 Å². The minimum absolute atomic E-state index is 0.375. The molecule has 3 heteroatoms. The fourth-order valence-corrected chi connectivity index (χ4v) is 2.95. The van der Waals surface area contributed by atoms with Gasteiger partial charge in [0.05, 0.1) is 12.6 Å². The molecule has 0 radical (unpaired) electrons. The molecule has 0 bridgehead atoms. The highest BCUT2D eigenvalue weighted by atomic mass is 35.5. The monoisotopic (exact) mass is 287 g/mol. The van der Waals surface area contributed by atoms with Gasteiger partial charge in [-0.2, -0.15) is 0 Å². The van der Waals surface area contributed by atoms with Crippen LogP contribution in [-0.2, 0) is 6.42 Å². The molecule has 2 aromatic rings. The number of benzene rings is 2. The number of anilines is 1. The van der Waals surface area contributed by atoms with Gasteiger partial charge in [-0.1, -0.05) is 17.7 Å². The molecular weight excluding hydrogens is 270 g/mol. The molecule has 2 nitrogen and oxygen atoms in total. The van der Waals surface area contributed by atoms with Crippen LogP contribution in [0.1, 0.15) is 30.5 Å². The number of ether oxygens (including phenoxy) is 1. The van der Waals surface area contributed by atoms with Gasteiger partial charge < -0.3 is 10.1 Å². The van der Waals surface area contributed by atoms with E-state index in [0.717, 1.165) is 29.3 Å². The molecule has 0 spiro atoms.